The number of rotatable bonds is 3. The van der Waals surface area contributed by atoms with Crippen LogP contribution in [0.15, 0.2) is 24.3 Å². The molecule has 80 valence electrons. The van der Waals surface area contributed by atoms with Gasteiger partial charge in [-0.1, -0.05) is 18.2 Å². The number of carbonyl (C=O) groups is 1. The van der Waals surface area contributed by atoms with E-state index in [9.17, 15) is 4.79 Å². The van der Waals surface area contributed by atoms with E-state index < -0.39 is 0 Å². The van der Waals surface area contributed by atoms with Gasteiger partial charge in [-0.25, -0.2) is 0 Å². The molecule has 3 nitrogen and oxygen atoms in total. The molecular weight excluding hydrogens is 190 g/mol. The molecule has 0 radical (unpaired) electrons. The molecule has 1 heterocycles. The summed E-state index contributed by atoms with van der Waals surface area (Å²) >= 11 is 0. The minimum Gasteiger partial charge on any atom is -0.371 e. The Morgan fingerprint density at radius 3 is 2.80 bits per heavy atom. The first-order chi connectivity index (χ1) is 7.18. The summed E-state index contributed by atoms with van der Waals surface area (Å²) < 4.78 is 5.10. The molecule has 0 N–H and O–H groups in total. The van der Waals surface area contributed by atoms with Crippen LogP contribution in [0.2, 0.25) is 0 Å². The molecule has 1 aliphatic heterocycles. The Kier molecular flexibility index (Phi) is 2.73. The second kappa shape index (κ2) is 4.03. The summed E-state index contributed by atoms with van der Waals surface area (Å²) in [5.74, 6) is 0.0728. The van der Waals surface area contributed by atoms with Crippen molar-refractivity contribution in [1.82, 2.24) is 4.90 Å². The van der Waals surface area contributed by atoms with E-state index in [1.54, 1.807) is 4.90 Å². The Bertz CT molecular complexity index is 372. The number of hydrogen-bond acceptors (Lipinski definition) is 2. The van der Waals surface area contributed by atoms with Crippen LogP contribution in [0.4, 0.5) is 0 Å². The molecule has 1 aromatic rings. The Labute approximate surface area is 89.7 Å². The van der Waals surface area contributed by atoms with E-state index in [0.717, 1.165) is 17.7 Å². The standard InChI is InChI=1S/C12H15NO2/c1-9-5-3-4-6-11(9)12(14)13(2)7-10-8-15-10/h3-6,10H,7-8H2,1-2H3. The smallest absolute Gasteiger partial charge is 0.253 e. The van der Waals surface area contributed by atoms with Crippen molar-refractivity contribution in [2.24, 2.45) is 0 Å². The van der Waals surface area contributed by atoms with Crippen molar-refractivity contribution >= 4 is 5.91 Å². The van der Waals surface area contributed by atoms with Crippen LogP contribution in [-0.2, 0) is 4.74 Å². The molecule has 1 atom stereocenters. The third-order valence-corrected chi connectivity index (χ3v) is 2.60. The maximum absolute atomic E-state index is 12.0. The van der Waals surface area contributed by atoms with Crippen LogP contribution >= 0.6 is 0 Å². The van der Waals surface area contributed by atoms with E-state index >= 15 is 0 Å². The number of benzene rings is 1. The fourth-order valence-corrected chi connectivity index (χ4v) is 1.58. The molecule has 0 aromatic heterocycles. The number of amides is 1. The number of aryl methyl sites for hydroxylation is 1. The number of epoxide rings is 1. The van der Waals surface area contributed by atoms with E-state index in [1.807, 2.05) is 38.2 Å². The van der Waals surface area contributed by atoms with Gasteiger partial charge in [-0.05, 0) is 18.6 Å². The van der Waals surface area contributed by atoms with Crippen molar-refractivity contribution in [3.63, 3.8) is 0 Å². The Morgan fingerprint density at radius 2 is 2.20 bits per heavy atom. The first-order valence-corrected chi connectivity index (χ1v) is 5.11. The predicted octanol–water partition coefficient (Wildman–Crippen LogP) is 1.47. The average Bonchev–Trinajstić information content (AvgIpc) is 3.01. The highest BCUT2D eigenvalue weighted by atomic mass is 16.6. The van der Waals surface area contributed by atoms with Crippen LogP contribution in [0, 0.1) is 6.92 Å². The highest BCUT2D eigenvalue weighted by Crippen LogP contribution is 2.14. The van der Waals surface area contributed by atoms with Gasteiger partial charge in [0.1, 0.15) is 0 Å². The van der Waals surface area contributed by atoms with Gasteiger partial charge in [-0.2, -0.15) is 0 Å². The van der Waals surface area contributed by atoms with Crippen LogP contribution in [0.1, 0.15) is 15.9 Å². The Hall–Kier alpha value is -1.35. The number of hydrogen-bond donors (Lipinski definition) is 0. The molecule has 1 unspecified atom stereocenters. The molecule has 1 aromatic carbocycles. The van der Waals surface area contributed by atoms with Gasteiger partial charge in [0.05, 0.1) is 12.7 Å². The first-order valence-electron chi connectivity index (χ1n) is 5.11. The van der Waals surface area contributed by atoms with Crippen molar-refractivity contribution in [2.75, 3.05) is 20.2 Å². The number of likely N-dealkylation sites (N-methyl/N-ethyl adjacent to an activating group) is 1. The summed E-state index contributed by atoms with van der Waals surface area (Å²) in [7, 11) is 1.82. The van der Waals surface area contributed by atoms with Crippen molar-refractivity contribution < 1.29 is 9.53 Å². The highest BCUT2D eigenvalue weighted by Gasteiger charge is 2.26. The van der Waals surface area contributed by atoms with Crippen molar-refractivity contribution in [2.45, 2.75) is 13.0 Å². The predicted molar refractivity (Wildman–Crippen MR) is 57.9 cm³/mol. The van der Waals surface area contributed by atoms with E-state index in [0.29, 0.717) is 6.54 Å². The second-order valence-corrected chi connectivity index (χ2v) is 3.96. The van der Waals surface area contributed by atoms with Gasteiger partial charge < -0.3 is 9.64 Å². The molecule has 0 saturated carbocycles. The lowest BCUT2D eigenvalue weighted by molar-refractivity contribution is 0.0784. The Balaban J connectivity index is 2.08. The van der Waals surface area contributed by atoms with E-state index in [2.05, 4.69) is 0 Å². The third-order valence-electron chi connectivity index (χ3n) is 2.60. The molecular formula is C12H15NO2. The lowest BCUT2D eigenvalue weighted by Gasteiger charge is -2.16. The summed E-state index contributed by atoms with van der Waals surface area (Å²) in [6.07, 6.45) is 0.253. The zero-order valence-electron chi connectivity index (χ0n) is 9.06. The highest BCUT2D eigenvalue weighted by molar-refractivity contribution is 5.95. The zero-order valence-corrected chi connectivity index (χ0v) is 9.06. The van der Waals surface area contributed by atoms with Gasteiger partial charge in [-0.3, -0.25) is 4.79 Å². The van der Waals surface area contributed by atoms with Gasteiger partial charge in [0.15, 0.2) is 0 Å². The Morgan fingerprint density at radius 1 is 1.53 bits per heavy atom. The van der Waals surface area contributed by atoms with Crippen molar-refractivity contribution in [3.8, 4) is 0 Å². The number of ether oxygens (including phenoxy) is 1. The summed E-state index contributed by atoms with van der Waals surface area (Å²) in [5.41, 5.74) is 1.80. The van der Waals surface area contributed by atoms with Crippen LogP contribution in [0.25, 0.3) is 0 Å². The molecule has 1 saturated heterocycles. The minimum absolute atomic E-state index is 0.0728. The molecule has 3 heteroatoms. The van der Waals surface area contributed by atoms with E-state index in [-0.39, 0.29) is 12.0 Å². The largest absolute Gasteiger partial charge is 0.371 e. The maximum atomic E-state index is 12.0. The molecule has 2 rings (SSSR count). The van der Waals surface area contributed by atoms with Crippen molar-refractivity contribution in [1.29, 1.82) is 0 Å². The van der Waals surface area contributed by atoms with Gasteiger partial charge in [0.2, 0.25) is 0 Å². The van der Waals surface area contributed by atoms with Crippen molar-refractivity contribution in [3.05, 3.63) is 35.4 Å². The molecule has 15 heavy (non-hydrogen) atoms. The molecule has 0 aliphatic carbocycles. The summed E-state index contributed by atoms with van der Waals surface area (Å²) in [4.78, 5) is 13.7. The SMILES string of the molecule is Cc1ccccc1C(=O)N(C)CC1CO1. The fourth-order valence-electron chi connectivity index (χ4n) is 1.58. The van der Waals surface area contributed by atoms with E-state index in [1.165, 1.54) is 0 Å². The molecule has 1 fully saturated rings. The molecule has 1 amide bonds. The zero-order chi connectivity index (χ0) is 10.8. The van der Waals surface area contributed by atoms with Gasteiger partial charge in [0.25, 0.3) is 5.91 Å². The maximum Gasteiger partial charge on any atom is 0.253 e. The monoisotopic (exact) mass is 205 g/mol. The van der Waals surface area contributed by atoms with E-state index in [4.69, 9.17) is 4.74 Å². The topological polar surface area (TPSA) is 32.8 Å². The number of carbonyl (C=O) groups excluding carboxylic acids is 1. The van der Waals surface area contributed by atoms with Gasteiger partial charge >= 0.3 is 0 Å². The lowest BCUT2D eigenvalue weighted by atomic mass is 10.1. The number of nitrogens with zero attached hydrogens (tertiary/aromatic N) is 1. The van der Waals surface area contributed by atoms with Crippen LogP contribution < -0.4 is 0 Å². The van der Waals surface area contributed by atoms with Crippen LogP contribution in [-0.4, -0.2) is 37.1 Å². The summed E-state index contributed by atoms with van der Waals surface area (Å²) in [6.45, 7) is 3.42. The second-order valence-electron chi connectivity index (χ2n) is 3.96. The molecule has 1 aliphatic rings. The lowest BCUT2D eigenvalue weighted by Crippen LogP contribution is -2.30. The normalized spacial score (nSPS) is 18.7. The summed E-state index contributed by atoms with van der Waals surface area (Å²) in [6, 6.07) is 7.65. The third kappa shape index (κ3) is 2.36. The average molecular weight is 205 g/mol. The van der Waals surface area contributed by atoms with Crippen LogP contribution in [0.3, 0.4) is 0 Å². The molecule has 0 spiro atoms. The minimum atomic E-state index is 0.0728. The quantitative estimate of drug-likeness (QED) is 0.700. The van der Waals surface area contributed by atoms with Gasteiger partial charge in [0, 0.05) is 19.2 Å². The van der Waals surface area contributed by atoms with Gasteiger partial charge in [-0.15, -0.1) is 0 Å². The fraction of sp³-hybridized carbons (Fsp3) is 0.417. The van der Waals surface area contributed by atoms with Crippen LogP contribution in [0.5, 0.6) is 0 Å². The summed E-state index contributed by atoms with van der Waals surface area (Å²) in [5, 5.41) is 0. The first kappa shape index (κ1) is 10.2. The molecule has 0 bridgehead atoms.